The molecule has 0 unspecified atom stereocenters. The number of alkyl halides is 24. The van der Waals surface area contributed by atoms with Gasteiger partial charge in [0.1, 0.15) is 6.15 Å². The molecular formula is C71H56BF24IrNP-. The van der Waals surface area contributed by atoms with E-state index in [1.165, 1.54) is 60.2 Å². The molecule has 11 rings (SSSR count). The molecule has 0 saturated heterocycles. The number of hydrogen-bond donors (Lipinski definition) is 0. The van der Waals surface area contributed by atoms with Gasteiger partial charge in [-0.2, -0.15) is 127 Å². The van der Waals surface area contributed by atoms with Crippen LogP contribution >= 0.6 is 7.92 Å². The van der Waals surface area contributed by atoms with Gasteiger partial charge < -0.3 is 0 Å². The minimum absolute atomic E-state index is 0. The summed E-state index contributed by atoms with van der Waals surface area (Å²) in [5, 5.41) is 4.24. The van der Waals surface area contributed by atoms with E-state index in [1.807, 2.05) is 0 Å². The van der Waals surface area contributed by atoms with Crippen molar-refractivity contribution in [2.45, 2.75) is 120 Å². The Morgan fingerprint density at radius 3 is 0.939 bits per heavy atom. The summed E-state index contributed by atoms with van der Waals surface area (Å²) in [6.07, 6.45) is -38.2. The zero-order valence-corrected chi connectivity index (χ0v) is 55.1. The number of para-hydroxylation sites is 1. The maximum absolute atomic E-state index is 14.2. The van der Waals surface area contributed by atoms with Crippen molar-refractivity contribution in [3.63, 3.8) is 0 Å². The second-order valence-corrected chi connectivity index (χ2v) is 27.4. The van der Waals surface area contributed by atoms with E-state index in [9.17, 15) is 105 Å². The fourth-order valence-corrected chi connectivity index (χ4v) is 17.6. The van der Waals surface area contributed by atoms with Crippen LogP contribution in [0, 0.1) is 16.7 Å². The Hall–Kier alpha value is -7.11. The molecule has 0 amide bonds. The molecule has 8 aromatic rings. The summed E-state index contributed by atoms with van der Waals surface area (Å²) in [7, 11) is -0.503. The molecule has 0 N–H and O–H groups in total. The van der Waals surface area contributed by atoms with Crippen LogP contribution in [0.1, 0.15) is 115 Å². The number of fused-ring (bicyclic) bond motifs is 3. The van der Waals surface area contributed by atoms with E-state index in [4.69, 9.17) is 4.98 Å². The van der Waals surface area contributed by atoms with Crippen LogP contribution in [0.15, 0.2) is 194 Å². The SMILES string of the molecule is C1=C\CC/C=C\CC/1.CC1(C)[C@@H]2CC[C@@]1(C)[C@@H](c1ccc3ccccc3n1)[C@@H]2P(c1ccccc1)c1ccccc1.FC(F)(F)c1cc([B-](c2cc(C(F)(F)F)cc(C(F)(F)F)c2)(c2cc(C(F)(F)F)cc(C(F)(F)F)c2)c2cc(C(F)(F)F)cc(C(F)(F)F)c2)cc(C(F)(F)F)c1.[Ir]. The average Bonchev–Trinajstić information content (AvgIpc) is 1.62. The van der Waals surface area contributed by atoms with Crippen LogP contribution in [0.4, 0.5) is 105 Å². The molecular weight excluding hydrogens is 1560 g/mol. The summed E-state index contributed by atoms with van der Waals surface area (Å²) in [5.41, 5.74) is -26.6. The number of rotatable bonds is 8. The minimum Gasteiger partial charge on any atom is -0.253 e. The number of aromatic nitrogens is 1. The van der Waals surface area contributed by atoms with E-state index < -0.39 is 203 Å². The maximum Gasteiger partial charge on any atom is 0.416 e. The number of allylic oxidation sites excluding steroid dienone is 4. The summed E-state index contributed by atoms with van der Waals surface area (Å²) in [6.45, 7) is 7.66. The molecule has 2 fully saturated rings. The molecule has 3 aliphatic rings. The van der Waals surface area contributed by atoms with Crippen molar-refractivity contribution in [1.29, 1.82) is 0 Å². The Bertz CT molecular complexity index is 3700. The molecule has 2 bridgehead atoms. The van der Waals surface area contributed by atoms with E-state index in [2.05, 4.69) is 142 Å². The summed E-state index contributed by atoms with van der Waals surface area (Å²) >= 11 is 0. The van der Waals surface area contributed by atoms with Crippen LogP contribution in [0.5, 0.6) is 0 Å². The third kappa shape index (κ3) is 16.6. The van der Waals surface area contributed by atoms with Crippen LogP contribution in [0.2, 0.25) is 0 Å². The van der Waals surface area contributed by atoms with E-state index >= 15 is 0 Å². The Balaban J connectivity index is 0.000000246. The van der Waals surface area contributed by atoms with Gasteiger partial charge in [0.05, 0.1) is 50.0 Å². The zero-order valence-electron chi connectivity index (χ0n) is 51.8. The monoisotopic (exact) mass is 1610 g/mol. The average molecular weight is 1610 g/mol. The van der Waals surface area contributed by atoms with E-state index in [0.717, 1.165) is 5.52 Å². The standard InChI is InChI=1S/C32H12BF24.C31H32NP.C8H12.Ir/c34-25(35,36)13-1-14(26(37,38)39)6-21(5-13)33(22-7-15(27(40,41)42)2-16(8-22)28(43,44)45,23-9-17(29(46,47)48)3-18(10-23)30(49,50)51)24-11-19(31(52,53)54)4-20(12-24)32(55,56)57;1-30(2)25-20-21-31(30,3)28(27-19-18-22-12-10-11-17-26(22)32-27)29(25)33(23-13-6-4-7-14-23)24-15-8-5-9-16-24;1-2-4-6-8-7-5-3-1;/h1-12H;4-19,25,28-29H,20-21H2,1-3H3;1-2,7-8H,3-6H2;/q-1;;;/b;;2-1-,8-7-;/t;25-,28+,29-,31+;;/m.1../s1. The molecule has 7 aromatic carbocycles. The van der Waals surface area contributed by atoms with Crippen molar-refractivity contribution in [2.24, 2.45) is 16.7 Å². The summed E-state index contributed by atoms with van der Waals surface area (Å²) < 4.78 is 341. The topological polar surface area (TPSA) is 12.9 Å². The Kier molecular flexibility index (Phi) is 22.2. The first kappa shape index (κ1) is 77.6. The van der Waals surface area contributed by atoms with Gasteiger partial charge in [0, 0.05) is 37.1 Å². The number of benzene rings is 7. The van der Waals surface area contributed by atoms with Crippen molar-refractivity contribution >= 4 is 57.4 Å². The molecule has 99 heavy (non-hydrogen) atoms. The Morgan fingerprint density at radius 2 is 0.646 bits per heavy atom. The van der Waals surface area contributed by atoms with Crippen LogP contribution < -0.4 is 32.5 Å². The fraction of sp³-hybridized carbons (Fsp3) is 0.310. The number of pyridine rings is 1. The molecule has 0 spiro atoms. The third-order valence-electron chi connectivity index (χ3n) is 18.9. The second kappa shape index (κ2) is 28.4. The van der Waals surface area contributed by atoms with Crippen LogP contribution in [-0.4, -0.2) is 16.8 Å². The van der Waals surface area contributed by atoms with Gasteiger partial charge in [-0.05, 0) is 116 Å². The van der Waals surface area contributed by atoms with Gasteiger partial charge in [0.25, 0.3) is 0 Å². The second-order valence-electron chi connectivity index (χ2n) is 25.0. The first-order valence-corrected chi connectivity index (χ1v) is 31.6. The summed E-state index contributed by atoms with van der Waals surface area (Å²) in [6, 6.07) is 27.0. The van der Waals surface area contributed by atoms with Gasteiger partial charge in [-0.1, -0.05) is 179 Å². The number of hydrogen-bond acceptors (Lipinski definition) is 1. The predicted octanol–water partition coefficient (Wildman–Crippen LogP) is 21.2. The molecule has 1 radical (unpaired) electrons. The molecule has 1 nitrogen and oxygen atoms in total. The van der Waals surface area contributed by atoms with Gasteiger partial charge in [-0.3, -0.25) is 4.98 Å². The van der Waals surface area contributed by atoms with Gasteiger partial charge >= 0.3 is 49.4 Å². The van der Waals surface area contributed by atoms with E-state index in [1.54, 1.807) is 0 Å². The normalized spacial score (nSPS) is 19.8. The van der Waals surface area contributed by atoms with Crippen LogP contribution in [-0.2, 0) is 69.5 Å². The molecule has 28 heteroatoms. The Labute approximate surface area is 566 Å². The van der Waals surface area contributed by atoms with Crippen molar-refractivity contribution < 1.29 is 125 Å². The largest absolute Gasteiger partial charge is 0.416 e. The Morgan fingerprint density at radius 1 is 0.364 bits per heavy atom. The fourth-order valence-electron chi connectivity index (χ4n) is 14.0. The molecule has 0 aliphatic heterocycles. The third-order valence-corrected chi connectivity index (χ3v) is 21.9. The molecule has 1 aromatic heterocycles. The molecule has 1 heterocycles. The molecule has 2 saturated carbocycles. The van der Waals surface area contributed by atoms with Crippen LogP contribution in [0.25, 0.3) is 10.9 Å². The van der Waals surface area contributed by atoms with Crippen LogP contribution in [0.3, 0.4) is 0 Å². The van der Waals surface area contributed by atoms with Gasteiger partial charge in [0.2, 0.25) is 0 Å². The zero-order chi connectivity index (χ0) is 72.2. The van der Waals surface area contributed by atoms with Crippen molar-refractivity contribution in [1.82, 2.24) is 4.98 Å². The first-order chi connectivity index (χ1) is 45.3. The van der Waals surface area contributed by atoms with E-state index in [0.29, 0.717) is 22.9 Å². The van der Waals surface area contributed by atoms with Gasteiger partial charge in [-0.15, -0.1) is 0 Å². The number of halogens is 24. The predicted molar refractivity (Wildman–Crippen MR) is 329 cm³/mol. The van der Waals surface area contributed by atoms with Crippen molar-refractivity contribution in [2.75, 3.05) is 0 Å². The quantitative estimate of drug-likeness (QED) is 0.0639. The minimum atomic E-state index is -6.13. The smallest absolute Gasteiger partial charge is 0.253 e. The first-order valence-electron chi connectivity index (χ1n) is 30.2. The number of nitrogens with zero attached hydrogens (tertiary/aromatic N) is 1. The van der Waals surface area contributed by atoms with Crippen molar-refractivity contribution in [3.8, 4) is 0 Å². The molecule has 4 atom stereocenters. The maximum atomic E-state index is 14.2. The van der Waals surface area contributed by atoms with Crippen molar-refractivity contribution in [3.05, 3.63) is 244 Å². The van der Waals surface area contributed by atoms with Gasteiger partial charge in [0.15, 0.2) is 0 Å². The van der Waals surface area contributed by atoms with Gasteiger partial charge in [-0.25, -0.2) is 0 Å². The summed E-state index contributed by atoms with van der Waals surface area (Å²) in [4.78, 5) is 5.32. The summed E-state index contributed by atoms with van der Waals surface area (Å²) in [5.74, 6) is 1.16. The molecule has 3 aliphatic carbocycles. The van der Waals surface area contributed by atoms with E-state index in [-0.39, 0.29) is 25.5 Å². The molecule has 531 valence electrons.